The van der Waals surface area contributed by atoms with Crippen LogP contribution >= 0.6 is 11.8 Å². The molecule has 0 heterocycles. The summed E-state index contributed by atoms with van der Waals surface area (Å²) in [5.74, 6) is 0.325. The molecule has 0 aliphatic heterocycles. The number of nitrogens with one attached hydrogen (secondary N) is 7. The number of hydrogen-bond acceptors (Lipinski definition) is 19. The molecule has 0 aromatic rings. The molecule has 24 heteroatoms. The number of thioether (sulfide) groups is 1. The minimum atomic E-state index is -1.15. The van der Waals surface area contributed by atoms with Gasteiger partial charge in [0.15, 0.2) is 5.78 Å². The van der Waals surface area contributed by atoms with Crippen LogP contribution in [0.3, 0.4) is 0 Å². The van der Waals surface area contributed by atoms with Gasteiger partial charge < -0.3 is 99.7 Å². The van der Waals surface area contributed by atoms with Crippen molar-refractivity contribution in [2.75, 3.05) is 65.1 Å². The zero-order valence-corrected chi connectivity index (χ0v) is 55.8. The SMILES string of the molecule is C/C(=N\O)C(C)(C)NCCCNC(C)(C)[C-]=NO.C/C(=N\O)C(C)(C)NC[CH-]CNC(C)(C)/C(C)=N/O.CC(=O)NCSC[C@H](NC(=O)[C@H](CO)NC(=O)CN(C)C)C(=O)C(C)(C)C.[CH2-]C(C)C.[CH2-]C(C)C.[Y].[Y]. The zero-order chi connectivity index (χ0) is 57.7. The molecule has 2 atom stereocenters. The van der Waals surface area contributed by atoms with E-state index in [0.717, 1.165) is 19.5 Å². The van der Waals surface area contributed by atoms with E-state index in [0.29, 0.717) is 47.9 Å². The van der Waals surface area contributed by atoms with Crippen molar-refractivity contribution < 1.29 is 111 Å². The van der Waals surface area contributed by atoms with Crippen molar-refractivity contribution in [1.29, 1.82) is 0 Å². The smallest absolute Gasteiger partial charge is 0.245 e. The predicted octanol–water partition coefficient (Wildman–Crippen LogP) is 4.83. The van der Waals surface area contributed by atoms with E-state index in [-0.39, 0.29) is 106 Å². The summed E-state index contributed by atoms with van der Waals surface area (Å²) < 4.78 is 0. The fourth-order valence-electron chi connectivity index (χ4n) is 4.57. The number of aliphatic hydroxyl groups excluding tert-OH is 1. The van der Waals surface area contributed by atoms with Gasteiger partial charge in [-0.25, -0.2) is 0 Å². The normalized spacial score (nSPS) is 13.3. The van der Waals surface area contributed by atoms with E-state index in [1.54, 1.807) is 60.5 Å². The second-order valence-electron chi connectivity index (χ2n) is 21.3. The number of carbonyl (C=O) groups is 4. The molecule has 0 saturated heterocycles. The van der Waals surface area contributed by atoms with Gasteiger partial charge in [0, 0.05) is 83.5 Å². The standard InChI is InChI=1S/C17H32N4O5S.C13H27N4O2.C12H25N4O2.2C4H9.2Y/c1-11(23)18-10-27-9-13(15(25)17(2,3)4)20-16(26)12(8-22)19-14(24)7-21(5)6;1-10(16-18)12(3,4)14-8-7-9-15-13(5,6)11(2)17-19;1-10(16-18)12(4,5)14-8-6-7-13-11(2,3)9-15-17;2*1-4(2)3;;/h12-13,22H,7-10H2,1-6H3,(H,18,23)(H,19,24)(H,20,26);7,14-15,18-19H,8-9H2,1-6H3;13-14,17-18H,6-8H2,1-5H3;2*4H,1H2,2-3H3;;/q;4*-1;;/b;16-10+,17-11+;16-10+;;;;/t12-,13-;;;;;;/m0....../s1. The first-order valence-electron chi connectivity index (χ1n) is 24.2. The summed E-state index contributed by atoms with van der Waals surface area (Å²) >= 11 is 1.29. The Hall–Kier alpha value is -1.72. The molecule has 432 valence electrons. The maximum atomic E-state index is 12.6. The predicted molar refractivity (Wildman–Crippen MR) is 297 cm³/mol. The van der Waals surface area contributed by atoms with Crippen LogP contribution in [0.2, 0.25) is 0 Å². The molecule has 12 N–H and O–H groups in total. The first-order chi connectivity index (χ1) is 32.8. The first kappa shape index (κ1) is 86.2. The molecule has 3 amide bonds. The summed E-state index contributed by atoms with van der Waals surface area (Å²) in [6, 6.07) is -1.95. The van der Waals surface area contributed by atoms with Gasteiger partial charge in [-0.3, -0.25) is 19.2 Å². The van der Waals surface area contributed by atoms with Crippen molar-refractivity contribution >= 4 is 58.6 Å². The van der Waals surface area contributed by atoms with Gasteiger partial charge in [-0.1, -0.05) is 83.3 Å². The second-order valence-corrected chi connectivity index (χ2v) is 22.3. The van der Waals surface area contributed by atoms with E-state index in [1.165, 1.54) is 18.7 Å². The Balaban J connectivity index is -0.000000170. The number of Topliss-reactive ketones (excluding diaryl/α,β-unsaturated/α-hetero) is 1. The minimum absolute atomic E-state index is 0. The number of amides is 3. The monoisotopic (exact) mass is 1220 g/mol. The van der Waals surface area contributed by atoms with E-state index in [2.05, 4.69) is 106 Å². The van der Waals surface area contributed by atoms with Gasteiger partial charge in [-0.15, -0.1) is 24.9 Å². The molecule has 0 spiro atoms. The van der Waals surface area contributed by atoms with Crippen LogP contribution in [-0.4, -0.2) is 177 Å². The quantitative estimate of drug-likeness (QED) is 0.0131. The minimum Gasteiger partial charge on any atom is -0.447 e. The molecule has 74 heavy (non-hydrogen) atoms. The maximum absolute atomic E-state index is 12.6. The zero-order valence-electron chi connectivity index (χ0n) is 49.3. The van der Waals surface area contributed by atoms with Gasteiger partial charge >= 0.3 is 0 Å². The Bertz CT molecular complexity index is 1580. The Kier molecular flexibility index (Phi) is 53.8. The summed E-state index contributed by atoms with van der Waals surface area (Å²) in [6.45, 7) is 45.4. The fourth-order valence-corrected chi connectivity index (χ4v) is 5.46. The van der Waals surface area contributed by atoms with Crippen LogP contribution in [0.5, 0.6) is 0 Å². The Morgan fingerprint density at radius 1 is 0.662 bits per heavy atom. The van der Waals surface area contributed by atoms with Crippen LogP contribution in [0.15, 0.2) is 20.6 Å². The van der Waals surface area contributed by atoms with Gasteiger partial charge in [-0.05, 0) is 95.9 Å². The van der Waals surface area contributed by atoms with Crippen LogP contribution in [0, 0.1) is 37.5 Å². The number of ketones is 1. The number of oxime groups is 3. The molecule has 0 saturated carbocycles. The molecule has 21 nitrogen and oxygen atoms in total. The first-order valence-corrected chi connectivity index (χ1v) is 25.3. The third-order valence-electron chi connectivity index (χ3n) is 9.73. The maximum Gasteiger partial charge on any atom is 0.245 e. The molecule has 0 aliphatic rings. The van der Waals surface area contributed by atoms with Crippen LogP contribution in [0.25, 0.3) is 0 Å². The fraction of sp³-hybridized carbons (Fsp3) is 0.780. The Morgan fingerprint density at radius 2 is 1.05 bits per heavy atom. The van der Waals surface area contributed by atoms with Crippen molar-refractivity contribution in [2.45, 2.75) is 172 Å². The molecule has 0 unspecified atom stereocenters. The molecule has 0 aliphatic carbocycles. The van der Waals surface area contributed by atoms with Gasteiger partial charge in [0.1, 0.15) is 6.04 Å². The molecule has 0 rings (SSSR count). The van der Waals surface area contributed by atoms with E-state index >= 15 is 0 Å². The molecule has 0 bridgehead atoms. The van der Waals surface area contributed by atoms with E-state index < -0.39 is 41.5 Å². The van der Waals surface area contributed by atoms with Gasteiger partial charge in [0.2, 0.25) is 17.7 Å². The van der Waals surface area contributed by atoms with E-state index in [1.807, 2.05) is 61.8 Å². The van der Waals surface area contributed by atoms with Crippen LogP contribution in [0.4, 0.5) is 0 Å². The van der Waals surface area contributed by atoms with E-state index in [4.69, 9.17) is 20.8 Å². The summed E-state index contributed by atoms with van der Waals surface area (Å²) in [5.41, 5.74) is -0.205. The summed E-state index contributed by atoms with van der Waals surface area (Å²) in [4.78, 5) is 49.5. The largest absolute Gasteiger partial charge is 0.447 e. The molecule has 0 fully saturated rings. The Morgan fingerprint density at radius 3 is 1.39 bits per heavy atom. The van der Waals surface area contributed by atoms with Crippen LogP contribution < -0.4 is 37.2 Å². The number of aliphatic hydroxyl groups is 1. The van der Waals surface area contributed by atoms with Gasteiger partial charge in [0.25, 0.3) is 0 Å². The van der Waals surface area contributed by atoms with Crippen molar-refractivity contribution in [3.05, 3.63) is 20.3 Å². The summed E-state index contributed by atoms with van der Waals surface area (Å²) in [6.07, 6.45) is 5.50. The third-order valence-corrected chi connectivity index (χ3v) is 10.6. The number of rotatable bonds is 27. The topological polar surface area (TPSA) is 306 Å². The number of nitrogens with zero attached hydrogens (tertiary/aromatic N) is 5. The molecular formula is C50H102N12O9SY2-4. The van der Waals surface area contributed by atoms with Crippen molar-refractivity contribution in [3.8, 4) is 0 Å². The summed E-state index contributed by atoms with van der Waals surface area (Å²) in [7, 11) is 3.41. The second kappa shape index (κ2) is 46.2. The molecule has 0 aromatic heterocycles. The average Bonchev–Trinajstić information content (AvgIpc) is 3.24. The number of likely N-dealkylation sites (N-methyl/N-ethyl adjacent to an activating group) is 1. The van der Waals surface area contributed by atoms with Gasteiger partial charge in [0.05, 0.1) is 58.8 Å². The average molecular weight is 1230 g/mol. The number of carbonyl (C=O) groups excluding carboxylic acids is 4. The van der Waals surface area contributed by atoms with Crippen molar-refractivity contribution in [3.63, 3.8) is 0 Å². The van der Waals surface area contributed by atoms with Crippen LogP contribution in [0.1, 0.15) is 138 Å². The van der Waals surface area contributed by atoms with E-state index in [9.17, 15) is 24.3 Å². The molecule has 2 radical (unpaired) electrons. The molecule has 0 aromatic carbocycles. The van der Waals surface area contributed by atoms with Crippen molar-refractivity contribution in [2.24, 2.45) is 37.9 Å². The third kappa shape index (κ3) is 51.1. The van der Waals surface area contributed by atoms with Gasteiger partial charge in [-0.2, -0.15) is 11.8 Å². The number of hydrogen-bond donors (Lipinski definition) is 12. The Labute approximate surface area is 502 Å². The molecular weight excluding hydrogens is 1120 g/mol. The van der Waals surface area contributed by atoms with Crippen LogP contribution in [-0.2, 0) is 84.6 Å². The summed E-state index contributed by atoms with van der Waals surface area (Å²) in [5, 5.41) is 77.4. The van der Waals surface area contributed by atoms with Crippen molar-refractivity contribution in [1.82, 2.24) is 42.1 Å².